The van der Waals surface area contributed by atoms with Gasteiger partial charge >= 0.3 is 5.97 Å². The van der Waals surface area contributed by atoms with Gasteiger partial charge < -0.3 is 14.9 Å². The van der Waals surface area contributed by atoms with Crippen LogP contribution < -0.4 is 0 Å². The summed E-state index contributed by atoms with van der Waals surface area (Å²) in [6.07, 6.45) is 8.53. The summed E-state index contributed by atoms with van der Waals surface area (Å²) >= 11 is 0. The lowest BCUT2D eigenvalue weighted by molar-refractivity contribution is -0.114. The van der Waals surface area contributed by atoms with Crippen LogP contribution in [0.4, 0.5) is 0 Å². The zero-order chi connectivity index (χ0) is 19.9. The molecule has 0 aliphatic carbocycles. The molecule has 144 valence electrons. The Morgan fingerprint density at radius 3 is 2.46 bits per heavy atom. The molecule has 1 aliphatic rings. The van der Waals surface area contributed by atoms with Crippen LogP contribution in [0.2, 0.25) is 0 Å². The van der Waals surface area contributed by atoms with Gasteiger partial charge in [0.05, 0.1) is 0 Å². The van der Waals surface area contributed by atoms with Gasteiger partial charge in [0.15, 0.2) is 5.78 Å². The summed E-state index contributed by atoms with van der Waals surface area (Å²) in [7, 11) is 0. The number of hydrogen-bond acceptors (Lipinski definition) is 5. The molecule has 0 bridgehead atoms. The van der Waals surface area contributed by atoms with E-state index in [9.17, 15) is 19.8 Å². The first-order chi connectivity index (χ1) is 13.5. The van der Waals surface area contributed by atoms with Crippen LogP contribution in [0.3, 0.4) is 0 Å². The highest BCUT2D eigenvalue weighted by atomic mass is 16.5. The number of ketones is 1. The number of hydrogen-bond donors (Lipinski definition) is 2. The molecule has 1 aliphatic heterocycles. The van der Waals surface area contributed by atoms with Crippen LogP contribution in [-0.4, -0.2) is 22.0 Å². The molecule has 5 heteroatoms. The van der Waals surface area contributed by atoms with E-state index in [1.807, 2.05) is 42.5 Å². The number of rotatable bonds is 1. The van der Waals surface area contributed by atoms with Crippen LogP contribution in [0.1, 0.15) is 46.9 Å². The number of carbonyl (C=O) groups excluding carboxylic acids is 2. The molecule has 0 unspecified atom stereocenters. The maximum atomic E-state index is 12.9. The van der Waals surface area contributed by atoms with Crippen molar-refractivity contribution < 1.29 is 24.5 Å². The summed E-state index contributed by atoms with van der Waals surface area (Å²) in [5.74, 6) is -1.58. The monoisotopic (exact) mass is 378 g/mol. The Bertz CT molecular complexity index is 912. The van der Waals surface area contributed by atoms with Gasteiger partial charge in [-0.05, 0) is 36.1 Å². The van der Waals surface area contributed by atoms with Gasteiger partial charge in [-0.3, -0.25) is 4.79 Å². The normalized spacial score (nSPS) is 20.5. The van der Waals surface area contributed by atoms with E-state index in [4.69, 9.17) is 4.74 Å². The molecule has 5 nitrogen and oxygen atoms in total. The quantitative estimate of drug-likeness (QED) is 0.567. The molecule has 1 atom stereocenters. The van der Waals surface area contributed by atoms with E-state index in [0.29, 0.717) is 6.42 Å². The van der Waals surface area contributed by atoms with E-state index < -0.39 is 17.8 Å². The lowest BCUT2D eigenvalue weighted by atomic mass is 9.99. The van der Waals surface area contributed by atoms with Crippen molar-refractivity contribution in [2.24, 2.45) is 0 Å². The molecule has 0 saturated carbocycles. The number of benzene rings is 2. The molecule has 0 amide bonds. The summed E-state index contributed by atoms with van der Waals surface area (Å²) in [6, 6.07) is 11.7. The molecule has 2 N–H and O–H groups in total. The van der Waals surface area contributed by atoms with Crippen molar-refractivity contribution in [3.05, 3.63) is 83.5 Å². The van der Waals surface area contributed by atoms with E-state index in [2.05, 4.69) is 0 Å². The smallest absolute Gasteiger partial charge is 0.342 e. The second kappa shape index (κ2) is 9.04. The summed E-state index contributed by atoms with van der Waals surface area (Å²) in [5.41, 5.74) is 0.974. The Kier molecular flexibility index (Phi) is 6.27. The van der Waals surface area contributed by atoms with Gasteiger partial charge in [-0.15, -0.1) is 0 Å². The first-order valence-corrected chi connectivity index (χ1v) is 9.19. The van der Waals surface area contributed by atoms with Crippen LogP contribution in [0.25, 0.3) is 0 Å². The minimum absolute atomic E-state index is 0.0958. The van der Waals surface area contributed by atoms with Crippen molar-refractivity contribution in [1.82, 2.24) is 0 Å². The Morgan fingerprint density at radius 2 is 1.68 bits per heavy atom. The molecule has 0 aromatic heterocycles. The minimum Gasteiger partial charge on any atom is -0.508 e. The molecule has 2 aromatic carbocycles. The molecule has 3 rings (SSSR count). The predicted molar refractivity (Wildman–Crippen MR) is 105 cm³/mol. The van der Waals surface area contributed by atoms with Crippen LogP contribution >= 0.6 is 0 Å². The molecule has 0 saturated heterocycles. The SMILES string of the molecule is O=C1/C=C/CC/C=C/C[C@H](c2ccccc2)OC(=O)c2c(O)cc(O)cc2C1. The number of allylic oxidation sites excluding steroid dienone is 3. The Labute approximate surface area is 163 Å². The molecule has 2 aromatic rings. The summed E-state index contributed by atoms with van der Waals surface area (Å²) < 4.78 is 5.70. The van der Waals surface area contributed by atoms with E-state index in [1.165, 1.54) is 12.1 Å². The third-order valence-electron chi connectivity index (χ3n) is 4.49. The number of esters is 1. The zero-order valence-corrected chi connectivity index (χ0v) is 15.4. The van der Waals surface area contributed by atoms with Crippen molar-refractivity contribution in [2.75, 3.05) is 0 Å². The Morgan fingerprint density at radius 1 is 0.929 bits per heavy atom. The van der Waals surface area contributed by atoms with Crippen molar-refractivity contribution in [3.8, 4) is 11.5 Å². The molecular formula is C23H22O5. The molecule has 28 heavy (non-hydrogen) atoms. The lowest BCUT2D eigenvalue weighted by Crippen LogP contribution is -2.15. The van der Waals surface area contributed by atoms with Gasteiger partial charge in [-0.25, -0.2) is 4.79 Å². The second-order valence-electron chi connectivity index (χ2n) is 6.63. The minimum atomic E-state index is -0.733. The van der Waals surface area contributed by atoms with Crippen LogP contribution in [0.15, 0.2) is 66.8 Å². The number of fused-ring (bicyclic) bond motifs is 1. The summed E-state index contributed by atoms with van der Waals surface area (Å²) in [5, 5.41) is 20.0. The number of aromatic hydroxyl groups is 2. The number of carbonyl (C=O) groups is 2. The molecule has 0 fully saturated rings. The average Bonchev–Trinajstić information content (AvgIpc) is 2.65. The van der Waals surface area contributed by atoms with Gasteiger partial charge in [0, 0.05) is 18.9 Å². The fourth-order valence-corrected chi connectivity index (χ4v) is 3.14. The molecule has 1 heterocycles. The zero-order valence-electron chi connectivity index (χ0n) is 15.4. The van der Waals surface area contributed by atoms with E-state index >= 15 is 0 Å². The fourth-order valence-electron chi connectivity index (χ4n) is 3.14. The van der Waals surface area contributed by atoms with Crippen molar-refractivity contribution in [3.63, 3.8) is 0 Å². The number of phenols is 2. The third-order valence-corrected chi connectivity index (χ3v) is 4.49. The largest absolute Gasteiger partial charge is 0.508 e. The predicted octanol–water partition coefficient (Wildman–Crippen LogP) is 4.40. The molecule has 0 spiro atoms. The Balaban J connectivity index is 2.01. The topological polar surface area (TPSA) is 83.8 Å². The summed E-state index contributed by atoms with van der Waals surface area (Å²) in [6.45, 7) is 0. The third kappa shape index (κ3) is 4.88. The number of cyclic esters (lactones) is 1. The molecular weight excluding hydrogens is 356 g/mol. The maximum Gasteiger partial charge on any atom is 0.342 e. The fraction of sp³-hybridized carbons (Fsp3) is 0.217. The van der Waals surface area contributed by atoms with Crippen molar-refractivity contribution in [2.45, 2.75) is 31.8 Å². The first kappa shape index (κ1) is 19.4. The highest BCUT2D eigenvalue weighted by molar-refractivity contribution is 5.98. The second-order valence-corrected chi connectivity index (χ2v) is 6.63. The first-order valence-electron chi connectivity index (χ1n) is 9.19. The Hall–Kier alpha value is -3.34. The van der Waals surface area contributed by atoms with Crippen LogP contribution in [0, 0.1) is 0 Å². The van der Waals surface area contributed by atoms with Gasteiger partial charge in [0.2, 0.25) is 0 Å². The van der Waals surface area contributed by atoms with Crippen molar-refractivity contribution in [1.29, 1.82) is 0 Å². The van der Waals surface area contributed by atoms with Crippen LogP contribution in [0.5, 0.6) is 11.5 Å². The van der Waals surface area contributed by atoms with Gasteiger partial charge in [0.25, 0.3) is 0 Å². The van der Waals surface area contributed by atoms with E-state index in [1.54, 1.807) is 6.08 Å². The standard InChI is InChI=1S/C23H22O5/c24-18-11-7-2-1-3-8-12-21(16-9-5-4-6-10-16)28-23(27)22-17(13-18)14-19(25)15-20(22)26/h3-11,14-15,21,25-26H,1-2,12-13H2/b8-3+,11-7+/t21-/m1/s1. The van der Waals surface area contributed by atoms with Crippen LogP contribution in [-0.2, 0) is 16.0 Å². The molecule has 0 radical (unpaired) electrons. The lowest BCUT2D eigenvalue weighted by Gasteiger charge is -2.19. The highest BCUT2D eigenvalue weighted by Gasteiger charge is 2.24. The van der Waals surface area contributed by atoms with E-state index in [-0.39, 0.29) is 29.1 Å². The maximum absolute atomic E-state index is 12.9. The van der Waals surface area contributed by atoms with E-state index in [0.717, 1.165) is 24.5 Å². The van der Waals surface area contributed by atoms with Gasteiger partial charge in [0.1, 0.15) is 23.2 Å². The van der Waals surface area contributed by atoms with Crippen molar-refractivity contribution >= 4 is 11.8 Å². The highest BCUT2D eigenvalue weighted by Crippen LogP contribution is 2.31. The van der Waals surface area contributed by atoms with Gasteiger partial charge in [-0.2, -0.15) is 0 Å². The average molecular weight is 378 g/mol. The number of phenolic OH excluding ortho intramolecular Hbond substituents is 2. The summed E-state index contributed by atoms with van der Waals surface area (Å²) in [4.78, 5) is 25.1. The van der Waals surface area contributed by atoms with Gasteiger partial charge in [-0.1, -0.05) is 48.6 Å². The number of ether oxygens (including phenoxy) is 1.